The van der Waals surface area contributed by atoms with Gasteiger partial charge in [-0.1, -0.05) is 0 Å². The van der Waals surface area contributed by atoms with E-state index in [1.165, 1.54) is 0 Å². The van der Waals surface area contributed by atoms with Crippen LogP contribution in [-0.4, -0.2) is 94.7 Å². The minimum Gasteiger partial charge on any atom is -0.378 e. The number of halogens is 2. The van der Waals surface area contributed by atoms with E-state index in [1.807, 2.05) is 15.7 Å². The molecule has 7 nitrogen and oxygen atoms in total. The molecule has 3 atom stereocenters. The Kier molecular flexibility index (Phi) is 6.17. The molecule has 31 heavy (non-hydrogen) atoms. The number of ether oxygens (including phenoxy) is 2. The molecule has 0 bridgehead atoms. The molecule has 2 aromatic heterocycles. The molecule has 0 spiro atoms. The molecule has 5 heterocycles. The Labute approximate surface area is 185 Å². The SMILES string of the molecule is CSc1ncnn2c([C@H]3CC[C@@H](CN4CCOC[C@H]4CN4CCC(F)(F)C4)O3)ccc12. The van der Waals surface area contributed by atoms with Gasteiger partial charge in [0.05, 0.1) is 37.1 Å². The highest BCUT2D eigenvalue weighted by molar-refractivity contribution is 7.98. The molecule has 3 aliphatic heterocycles. The number of hydrogen-bond donors (Lipinski definition) is 0. The molecular formula is C21H29F2N5O2S. The second-order valence-corrected chi connectivity index (χ2v) is 9.51. The van der Waals surface area contributed by atoms with Gasteiger partial charge in [-0.15, -0.1) is 11.8 Å². The topological polar surface area (TPSA) is 55.1 Å². The van der Waals surface area contributed by atoms with Crippen LogP contribution in [0.3, 0.4) is 0 Å². The fourth-order valence-corrected chi connectivity index (χ4v) is 5.53. The molecule has 2 aromatic rings. The number of nitrogens with zero attached hydrogens (tertiary/aromatic N) is 5. The van der Waals surface area contributed by atoms with Gasteiger partial charge in [0.25, 0.3) is 5.92 Å². The zero-order valence-electron chi connectivity index (χ0n) is 17.8. The summed E-state index contributed by atoms with van der Waals surface area (Å²) in [7, 11) is 0. The summed E-state index contributed by atoms with van der Waals surface area (Å²) in [4.78, 5) is 8.59. The van der Waals surface area contributed by atoms with Gasteiger partial charge in [-0.2, -0.15) is 5.10 Å². The van der Waals surface area contributed by atoms with Crippen LogP contribution in [0.25, 0.3) is 5.52 Å². The number of hydrogen-bond acceptors (Lipinski definition) is 7. The average molecular weight is 454 g/mol. The van der Waals surface area contributed by atoms with Crippen molar-refractivity contribution in [3.05, 3.63) is 24.2 Å². The Hall–Kier alpha value is -1.33. The van der Waals surface area contributed by atoms with Crippen LogP contribution in [-0.2, 0) is 9.47 Å². The van der Waals surface area contributed by atoms with Crippen LogP contribution in [0.15, 0.2) is 23.5 Å². The Morgan fingerprint density at radius 3 is 2.94 bits per heavy atom. The van der Waals surface area contributed by atoms with E-state index in [-0.39, 0.29) is 31.2 Å². The van der Waals surface area contributed by atoms with Gasteiger partial charge in [0.1, 0.15) is 17.5 Å². The van der Waals surface area contributed by atoms with Crippen LogP contribution in [0, 0.1) is 0 Å². The Balaban J connectivity index is 1.22. The third-order valence-electron chi connectivity index (χ3n) is 6.58. The highest BCUT2D eigenvalue weighted by Gasteiger charge is 2.40. The highest BCUT2D eigenvalue weighted by atomic mass is 32.2. The van der Waals surface area contributed by atoms with E-state index < -0.39 is 5.92 Å². The lowest BCUT2D eigenvalue weighted by atomic mass is 10.1. The number of morpholine rings is 1. The minimum absolute atomic E-state index is 0.00821. The first kappa shape index (κ1) is 21.5. The fraction of sp³-hybridized carbons (Fsp3) is 0.714. The van der Waals surface area contributed by atoms with Crippen molar-refractivity contribution in [1.29, 1.82) is 0 Å². The fourth-order valence-electron chi connectivity index (χ4n) is 5.01. The molecule has 3 fully saturated rings. The van der Waals surface area contributed by atoms with Crippen molar-refractivity contribution in [3.8, 4) is 0 Å². The quantitative estimate of drug-likeness (QED) is 0.624. The largest absolute Gasteiger partial charge is 0.378 e. The van der Waals surface area contributed by atoms with Crippen LogP contribution in [0.4, 0.5) is 8.78 Å². The third kappa shape index (κ3) is 4.59. The molecular weight excluding hydrogens is 424 g/mol. The molecule has 3 aliphatic rings. The molecule has 0 aliphatic carbocycles. The van der Waals surface area contributed by atoms with Gasteiger partial charge < -0.3 is 9.47 Å². The first-order chi connectivity index (χ1) is 15.0. The maximum atomic E-state index is 13.6. The summed E-state index contributed by atoms with van der Waals surface area (Å²) in [5.74, 6) is -2.55. The first-order valence-electron chi connectivity index (χ1n) is 11.0. The standard InChI is InChI=1S/C21H29F2N5O2S/c1-31-20-18-4-3-17(28(18)25-14-24-20)19-5-2-16(30-19)11-27-8-9-29-12-15(27)10-26-7-6-21(22,23)13-26/h3-4,14-16,19H,2,5-13H2,1H3/t15-,16+,19-/m1/s1. The van der Waals surface area contributed by atoms with Crippen molar-refractivity contribution in [2.24, 2.45) is 0 Å². The molecule has 170 valence electrons. The number of rotatable bonds is 6. The van der Waals surface area contributed by atoms with Crippen LogP contribution >= 0.6 is 11.8 Å². The summed E-state index contributed by atoms with van der Waals surface area (Å²) >= 11 is 1.61. The normalized spacial score (nSPS) is 29.8. The predicted molar refractivity (Wildman–Crippen MR) is 114 cm³/mol. The molecule has 5 rings (SSSR count). The van der Waals surface area contributed by atoms with Crippen molar-refractivity contribution >= 4 is 17.3 Å². The van der Waals surface area contributed by atoms with Gasteiger partial charge in [0, 0.05) is 38.6 Å². The van der Waals surface area contributed by atoms with Crippen LogP contribution in [0.5, 0.6) is 0 Å². The summed E-state index contributed by atoms with van der Waals surface area (Å²) in [6.07, 6.45) is 5.62. The molecule has 0 saturated carbocycles. The number of aromatic nitrogens is 3. The lowest BCUT2D eigenvalue weighted by Crippen LogP contribution is -2.53. The average Bonchev–Trinajstić information content (AvgIpc) is 3.47. The number of alkyl halides is 2. The second-order valence-electron chi connectivity index (χ2n) is 8.71. The van der Waals surface area contributed by atoms with Crippen molar-refractivity contribution < 1.29 is 18.3 Å². The maximum Gasteiger partial charge on any atom is 0.261 e. The van der Waals surface area contributed by atoms with Crippen molar-refractivity contribution in [2.75, 3.05) is 52.2 Å². The summed E-state index contributed by atoms with van der Waals surface area (Å²) in [6.45, 7) is 3.85. The van der Waals surface area contributed by atoms with E-state index in [0.29, 0.717) is 26.3 Å². The maximum absolute atomic E-state index is 13.6. The lowest BCUT2D eigenvalue weighted by molar-refractivity contribution is -0.0519. The molecule has 0 amide bonds. The van der Waals surface area contributed by atoms with Gasteiger partial charge in [0.2, 0.25) is 0 Å². The zero-order valence-corrected chi connectivity index (χ0v) is 18.6. The number of thioether (sulfide) groups is 1. The third-order valence-corrected chi connectivity index (χ3v) is 7.28. The Morgan fingerprint density at radius 1 is 1.23 bits per heavy atom. The monoisotopic (exact) mass is 453 g/mol. The zero-order chi connectivity index (χ0) is 21.4. The molecule has 3 saturated heterocycles. The molecule has 0 unspecified atom stereocenters. The van der Waals surface area contributed by atoms with Crippen molar-refractivity contribution in [2.45, 2.75) is 48.5 Å². The van der Waals surface area contributed by atoms with Gasteiger partial charge >= 0.3 is 0 Å². The number of likely N-dealkylation sites (tertiary alicyclic amines) is 1. The van der Waals surface area contributed by atoms with Gasteiger partial charge in [-0.25, -0.2) is 18.3 Å². The summed E-state index contributed by atoms with van der Waals surface area (Å²) in [5.41, 5.74) is 2.07. The van der Waals surface area contributed by atoms with E-state index in [1.54, 1.807) is 18.1 Å². The Bertz CT molecular complexity index is 913. The molecule has 0 aromatic carbocycles. The van der Waals surface area contributed by atoms with Crippen LogP contribution < -0.4 is 0 Å². The Morgan fingerprint density at radius 2 is 2.13 bits per heavy atom. The van der Waals surface area contributed by atoms with E-state index in [4.69, 9.17) is 9.47 Å². The molecule has 0 radical (unpaired) electrons. The second kappa shape index (κ2) is 8.90. The van der Waals surface area contributed by atoms with E-state index in [9.17, 15) is 8.78 Å². The molecule has 0 N–H and O–H groups in total. The first-order valence-corrected chi connectivity index (χ1v) is 12.2. The van der Waals surface area contributed by atoms with E-state index in [2.05, 4.69) is 27.1 Å². The van der Waals surface area contributed by atoms with Gasteiger partial charge in [-0.3, -0.25) is 9.80 Å². The lowest BCUT2D eigenvalue weighted by Gasteiger charge is -2.38. The minimum atomic E-state index is -2.55. The summed E-state index contributed by atoms with van der Waals surface area (Å²) in [6, 6.07) is 4.28. The van der Waals surface area contributed by atoms with Crippen molar-refractivity contribution in [1.82, 2.24) is 24.4 Å². The smallest absolute Gasteiger partial charge is 0.261 e. The van der Waals surface area contributed by atoms with Gasteiger partial charge in [0.15, 0.2) is 0 Å². The summed E-state index contributed by atoms with van der Waals surface area (Å²) < 4.78 is 41.2. The van der Waals surface area contributed by atoms with E-state index >= 15 is 0 Å². The number of fused-ring (bicyclic) bond motifs is 1. The van der Waals surface area contributed by atoms with Crippen molar-refractivity contribution in [3.63, 3.8) is 0 Å². The predicted octanol–water partition coefficient (Wildman–Crippen LogP) is 2.71. The van der Waals surface area contributed by atoms with Crippen LogP contribution in [0.2, 0.25) is 0 Å². The van der Waals surface area contributed by atoms with Crippen LogP contribution in [0.1, 0.15) is 31.1 Å². The molecule has 10 heteroatoms. The van der Waals surface area contributed by atoms with Gasteiger partial charge in [-0.05, 0) is 31.2 Å². The highest BCUT2D eigenvalue weighted by Crippen LogP contribution is 2.35. The van der Waals surface area contributed by atoms with E-state index in [0.717, 1.165) is 42.2 Å². The summed E-state index contributed by atoms with van der Waals surface area (Å²) in [5, 5.41) is 5.39.